The summed E-state index contributed by atoms with van der Waals surface area (Å²) in [5.74, 6) is 2.25. The van der Waals surface area contributed by atoms with Crippen molar-refractivity contribution >= 4 is 16.5 Å². The molecule has 3 rings (SSSR count). The van der Waals surface area contributed by atoms with Crippen LogP contribution in [0, 0.1) is 12.3 Å². The Hall–Kier alpha value is -2.50. The van der Waals surface area contributed by atoms with Gasteiger partial charge in [0, 0.05) is 25.4 Å². The lowest BCUT2D eigenvalue weighted by molar-refractivity contribution is -0.834. The summed E-state index contributed by atoms with van der Waals surface area (Å²) in [6.07, 6.45) is 9.08. The molecule has 2 atom stereocenters. The van der Waals surface area contributed by atoms with Crippen LogP contribution < -0.4 is 4.90 Å². The van der Waals surface area contributed by atoms with Gasteiger partial charge in [0.25, 0.3) is 0 Å². The third-order valence-corrected chi connectivity index (χ3v) is 4.85. The molecule has 1 heterocycles. The molecule has 1 N–H and O–H groups in total. The number of nitrogens with one attached hydrogen (secondary N) is 1. The zero-order valence-electron chi connectivity index (χ0n) is 16.2. The number of likely N-dealkylation sites (N-methyl/N-ethyl adjacent to an activating group) is 1. The summed E-state index contributed by atoms with van der Waals surface area (Å²) < 4.78 is 0. The first-order valence-electron chi connectivity index (χ1n) is 8.67. The van der Waals surface area contributed by atoms with Crippen molar-refractivity contribution in [3.05, 3.63) is 65.4 Å². The quantitative estimate of drug-likeness (QED) is 0.656. The minimum Gasteiger partial charge on any atom is -0.381 e. The summed E-state index contributed by atoms with van der Waals surface area (Å²) in [4.78, 5) is 3.61. The van der Waals surface area contributed by atoms with Crippen LogP contribution in [-0.2, 0) is 0 Å². The highest BCUT2D eigenvalue weighted by atomic mass is 15.2. The molecule has 0 saturated carbocycles. The molecular weight excluding hydrogens is 304 g/mol. The van der Waals surface area contributed by atoms with Crippen molar-refractivity contribution in [1.82, 2.24) is 4.90 Å². The highest BCUT2D eigenvalue weighted by Gasteiger charge is 2.34. The number of hydrogen-bond acceptors (Lipinski definition) is 1. The van der Waals surface area contributed by atoms with Crippen LogP contribution in [0.3, 0.4) is 0 Å². The second-order valence-electron chi connectivity index (χ2n) is 6.77. The third-order valence-electron chi connectivity index (χ3n) is 4.85. The molecule has 0 aromatic heterocycles. The molecule has 0 radical (unpaired) electrons. The number of quaternary nitrogens is 1. The number of nitrogens with zero attached hydrogens (tertiary/aromatic N) is 1. The lowest BCUT2D eigenvalue weighted by atomic mass is 9.97. The Morgan fingerprint density at radius 2 is 1.72 bits per heavy atom. The van der Waals surface area contributed by atoms with E-state index in [0.717, 1.165) is 0 Å². The first-order chi connectivity index (χ1) is 11.9. The maximum absolute atomic E-state index is 4.60. The van der Waals surface area contributed by atoms with Gasteiger partial charge in [0.1, 0.15) is 11.7 Å². The van der Waals surface area contributed by atoms with Crippen LogP contribution in [0.4, 0.5) is 5.69 Å². The molecule has 0 amide bonds. The predicted molar refractivity (Wildman–Crippen MR) is 109 cm³/mol. The van der Waals surface area contributed by atoms with Crippen LogP contribution in [0.1, 0.15) is 32.4 Å². The van der Waals surface area contributed by atoms with Crippen molar-refractivity contribution in [3.63, 3.8) is 0 Å². The fraction of sp³-hybridized carbons (Fsp3) is 0.304. The summed E-state index contributed by atoms with van der Waals surface area (Å²) >= 11 is 0. The van der Waals surface area contributed by atoms with Crippen molar-refractivity contribution < 1.29 is 4.90 Å². The lowest BCUT2D eigenvalue weighted by Gasteiger charge is -2.19. The Balaban J connectivity index is 0.000000701. The summed E-state index contributed by atoms with van der Waals surface area (Å²) in [7, 11) is 6.44. The second kappa shape index (κ2) is 8.05. The van der Waals surface area contributed by atoms with Gasteiger partial charge in [-0.3, -0.25) is 4.90 Å². The average Bonchev–Trinajstić information content (AvgIpc) is 2.88. The molecule has 2 unspecified atom stereocenters. The van der Waals surface area contributed by atoms with Gasteiger partial charge in [-0.15, -0.1) is 12.3 Å². The van der Waals surface area contributed by atoms with Crippen LogP contribution in [-0.4, -0.2) is 26.0 Å². The van der Waals surface area contributed by atoms with Crippen molar-refractivity contribution in [1.29, 1.82) is 0 Å². The molecule has 2 nitrogen and oxygen atoms in total. The van der Waals surface area contributed by atoms with Gasteiger partial charge in [0.05, 0.1) is 12.4 Å². The Labute approximate surface area is 152 Å². The molecular formula is C23H29N2+. The van der Waals surface area contributed by atoms with E-state index < -0.39 is 0 Å². The first kappa shape index (κ1) is 18.8. The van der Waals surface area contributed by atoms with Gasteiger partial charge in [0.15, 0.2) is 0 Å². The number of terminal acetylenes is 1. The van der Waals surface area contributed by atoms with E-state index in [0.29, 0.717) is 6.04 Å². The van der Waals surface area contributed by atoms with E-state index >= 15 is 0 Å². The number of allylic oxidation sites excluding steroid dienone is 3. The fourth-order valence-corrected chi connectivity index (χ4v) is 3.41. The number of benzene rings is 2. The normalized spacial score (nSPS) is 19.2. The molecule has 130 valence electrons. The molecule has 0 spiro atoms. The van der Waals surface area contributed by atoms with Crippen molar-refractivity contribution in [3.8, 4) is 12.3 Å². The van der Waals surface area contributed by atoms with Crippen LogP contribution in [0.25, 0.3) is 10.8 Å². The van der Waals surface area contributed by atoms with E-state index in [1.807, 2.05) is 0 Å². The standard InChI is InChI=1S/C20H24N2.C3H4/c1-14(12-13-15(2)21(3)4)20-17-10-6-8-16-9-7-11-18(19(16)17)22(20)5;1-3-2/h6-13,20H,1-5H3;1H,2H3/p+1/b14-12+,15-13+;. The van der Waals surface area contributed by atoms with Gasteiger partial charge < -0.3 is 4.90 Å². The average molecular weight is 333 g/mol. The first-order valence-corrected chi connectivity index (χ1v) is 8.67. The smallest absolute Gasteiger partial charge is 0.140 e. The molecule has 2 heteroatoms. The molecule has 1 aliphatic heterocycles. The molecule has 0 aliphatic carbocycles. The van der Waals surface area contributed by atoms with Crippen LogP contribution >= 0.6 is 0 Å². The van der Waals surface area contributed by atoms with E-state index in [1.165, 1.54) is 38.2 Å². The largest absolute Gasteiger partial charge is 0.381 e. The zero-order valence-corrected chi connectivity index (χ0v) is 16.2. The molecule has 25 heavy (non-hydrogen) atoms. The zero-order chi connectivity index (χ0) is 18.6. The highest BCUT2D eigenvalue weighted by Crippen LogP contribution is 2.36. The van der Waals surface area contributed by atoms with E-state index in [9.17, 15) is 0 Å². The van der Waals surface area contributed by atoms with Crippen molar-refractivity contribution in [2.45, 2.75) is 26.8 Å². The summed E-state index contributed by atoms with van der Waals surface area (Å²) in [5.41, 5.74) is 5.54. The third kappa shape index (κ3) is 3.78. The van der Waals surface area contributed by atoms with E-state index in [1.54, 1.807) is 6.92 Å². The molecule has 1 aliphatic rings. The Kier molecular flexibility index (Phi) is 6.07. The van der Waals surface area contributed by atoms with Gasteiger partial charge in [0.2, 0.25) is 0 Å². The SMILES string of the molecule is C#CC.C/C(=C\C=C(/C)N(C)C)C1c2cccc3cccc(c23)[NH+]1C. The Morgan fingerprint density at radius 3 is 2.32 bits per heavy atom. The van der Waals surface area contributed by atoms with Gasteiger partial charge in [-0.2, -0.15) is 0 Å². The summed E-state index contributed by atoms with van der Waals surface area (Å²) in [6, 6.07) is 13.7. The number of rotatable bonds is 3. The van der Waals surface area contributed by atoms with E-state index in [4.69, 9.17) is 0 Å². The summed E-state index contributed by atoms with van der Waals surface area (Å²) in [5, 5.41) is 2.79. The summed E-state index contributed by atoms with van der Waals surface area (Å²) in [6.45, 7) is 6.04. The minimum atomic E-state index is 0.410. The topological polar surface area (TPSA) is 7.68 Å². The second-order valence-corrected chi connectivity index (χ2v) is 6.77. The van der Waals surface area contributed by atoms with Gasteiger partial charge >= 0.3 is 0 Å². The van der Waals surface area contributed by atoms with Crippen molar-refractivity contribution in [2.24, 2.45) is 0 Å². The molecule has 0 saturated heterocycles. The van der Waals surface area contributed by atoms with Crippen LogP contribution in [0.5, 0.6) is 0 Å². The van der Waals surface area contributed by atoms with E-state index in [-0.39, 0.29) is 0 Å². The molecule has 2 aromatic carbocycles. The highest BCUT2D eigenvalue weighted by molar-refractivity contribution is 5.95. The fourth-order valence-electron chi connectivity index (χ4n) is 3.41. The molecule has 2 aromatic rings. The van der Waals surface area contributed by atoms with Gasteiger partial charge in [-0.05, 0) is 43.9 Å². The molecule has 0 bridgehead atoms. The number of hydrogen-bond donors (Lipinski definition) is 1. The predicted octanol–water partition coefficient (Wildman–Crippen LogP) is 4.09. The monoisotopic (exact) mass is 333 g/mol. The minimum absolute atomic E-state index is 0.410. The Morgan fingerprint density at radius 1 is 1.12 bits per heavy atom. The Bertz CT molecular complexity index is 845. The molecule has 0 fully saturated rings. The van der Waals surface area contributed by atoms with Crippen LogP contribution in [0.15, 0.2) is 59.8 Å². The van der Waals surface area contributed by atoms with Gasteiger partial charge in [-0.1, -0.05) is 36.4 Å². The van der Waals surface area contributed by atoms with Crippen LogP contribution in [0.2, 0.25) is 0 Å². The maximum atomic E-state index is 4.60. The van der Waals surface area contributed by atoms with Crippen molar-refractivity contribution in [2.75, 3.05) is 21.1 Å². The van der Waals surface area contributed by atoms with E-state index in [2.05, 4.69) is 101 Å². The van der Waals surface area contributed by atoms with Gasteiger partial charge in [-0.25, -0.2) is 0 Å². The lowest BCUT2D eigenvalue weighted by Crippen LogP contribution is -3.03. The maximum Gasteiger partial charge on any atom is 0.140 e.